The van der Waals surface area contributed by atoms with Crippen molar-refractivity contribution in [3.05, 3.63) is 23.8 Å². The first-order valence-corrected chi connectivity index (χ1v) is 9.68. The van der Waals surface area contributed by atoms with Crippen molar-refractivity contribution < 1.29 is 19.1 Å². The van der Waals surface area contributed by atoms with Gasteiger partial charge in [-0.05, 0) is 25.0 Å². The van der Waals surface area contributed by atoms with Gasteiger partial charge in [0.15, 0.2) is 0 Å². The molecule has 148 valence electrons. The van der Waals surface area contributed by atoms with Crippen molar-refractivity contribution >= 4 is 11.9 Å². The maximum atomic E-state index is 12.8. The summed E-state index contributed by atoms with van der Waals surface area (Å²) in [5, 5.41) is 3.14. The van der Waals surface area contributed by atoms with E-state index in [0.29, 0.717) is 49.3 Å². The standard InChI is InChI=1S/C20H29N3O4/c1-26-17-12-15(13-18(14-17)27-2)19(24)22-8-10-23(11-9-22)20(25)21-16-6-4-3-5-7-16/h12-14,16H,3-11H2,1-2H3,(H,21,25). The number of carbonyl (C=O) groups is 2. The summed E-state index contributed by atoms with van der Waals surface area (Å²) < 4.78 is 10.5. The molecule has 1 aliphatic heterocycles. The highest BCUT2D eigenvalue weighted by atomic mass is 16.5. The smallest absolute Gasteiger partial charge is 0.317 e. The Morgan fingerprint density at radius 3 is 2.00 bits per heavy atom. The molecule has 1 aromatic carbocycles. The van der Waals surface area contributed by atoms with Crippen LogP contribution in [-0.4, -0.2) is 68.2 Å². The van der Waals surface area contributed by atoms with Crippen LogP contribution in [0.3, 0.4) is 0 Å². The average molecular weight is 375 g/mol. The van der Waals surface area contributed by atoms with Gasteiger partial charge >= 0.3 is 6.03 Å². The largest absolute Gasteiger partial charge is 0.497 e. The molecule has 3 rings (SSSR count). The lowest BCUT2D eigenvalue weighted by molar-refractivity contribution is 0.0662. The zero-order valence-electron chi connectivity index (χ0n) is 16.2. The minimum atomic E-state index is -0.0699. The number of carbonyl (C=O) groups excluding carboxylic acids is 2. The van der Waals surface area contributed by atoms with Gasteiger partial charge < -0.3 is 24.6 Å². The summed E-state index contributed by atoms with van der Waals surface area (Å²) in [5.41, 5.74) is 0.534. The molecule has 0 spiro atoms. The Labute approximate surface area is 160 Å². The summed E-state index contributed by atoms with van der Waals surface area (Å²) in [6.07, 6.45) is 5.79. The van der Waals surface area contributed by atoms with Crippen LogP contribution in [0.15, 0.2) is 18.2 Å². The highest BCUT2D eigenvalue weighted by Crippen LogP contribution is 2.24. The van der Waals surface area contributed by atoms with E-state index in [-0.39, 0.29) is 11.9 Å². The van der Waals surface area contributed by atoms with Gasteiger partial charge in [-0.3, -0.25) is 4.79 Å². The van der Waals surface area contributed by atoms with E-state index in [0.717, 1.165) is 12.8 Å². The first-order valence-electron chi connectivity index (χ1n) is 9.68. The van der Waals surface area contributed by atoms with Crippen LogP contribution in [-0.2, 0) is 0 Å². The Bertz CT molecular complexity index is 643. The van der Waals surface area contributed by atoms with Crippen LogP contribution in [0.2, 0.25) is 0 Å². The summed E-state index contributed by atoms with van der Waals surface area (Å²) in [6, 6.07) is 5.47. The van der Waals surface area contributed by atoms with E-state index in [4.69, 9.17) is 9.47 Å². The van der Waals surface area contributed by atoms with E-state index in [1.165, 1.54) is 19.3 Å². The lowest BCUT2D eigenvalue weighted by Gasteiger charge is -2.36. The van der Waals surface area contributed by atoms with E-state index in [1.54, 1.807) is 37.3 Å². The molecule has 1 heterocycles. The Kier molecular flexibility index (Phi) is 6.42. The van der Waals surface area contributed by atoms with Crippen molar-refractivity contribution in [3.8, 4) is 11.5 Å². The molecule has 1 saturated carbocycles. The molecule has 0 radical (unpaired) electrons. The third-order valence-electron chi connectivity index (χ3n) is 5.39. The van der Waals surface area contributed by atoms with Gasteiger partial charge in [0.1, 0.15) is 11.5 Å². The fourth-order valence-electron chi connectivity index (χ4n) is 3.74. The summed E-state index contributed by atoms with van der Waals surface area (Å²) in [4.78, 5) is 28.9. The fraction of sp³-hybridized carbons (Fsp3) is 0.600. The third kappa shape index (κ3) is 4.84. The van der Waals surface area contributed by atoms with E-state index in [9.17, 15) is 9.59 Å². The second-order valence-electron chi connectivity index (χ2n) is 7.17. The molecule has 1 saturated heterocycles. The van der Waals surface area contributed by atoms with Crippen LogP contribution >= 0.6 is 0 Å². The molecule has 7 nitrogen and oxygen atoms in total. The Hall–Kier alpha value is -2.44. The van der Waals surface area contributed by atoms with Crippen molar-refractivity contribution in [3.63, 3.8) is 0 Å². The first kappa shape index (κ1) is 19.3. The molecule has 1 aliphatic carbocycles. The van der Waals surface area contributed by atoms with E-state index < -0.39 is 0 Å². The topological polar surface area (TPSA) is 71.1 Å². The van der Waals surface area contributed by atoms with E-state index >= 15 is 0 Å². The lowest BCUT2D eigenvalue weighted by atomic mass is 9.96. The van der Waals surface area contributed by atoms with Crippen LogP contribution in [0.25, 0.3) is 0 Å². The SMILES string of the molecule is COc1cc(OC)cc(C(=O)N2CCN(C(=O)NC3CCCCC3)CC2)c1. The van der Waals surface area contributed by atoms with Gasteiger partial charge in [0.05, 0.1) is 14.2 Å². The number of piperazine rings is 1. The van der Waals surface area contributed by atoms with Gasteiger partial charge in [0.25, 0.3) is 5.91 Å². The number of urea groups is 1. The minimum absolute atomic E-state index is 0.00273. The second kappa shape index (κ2) is 8.97. The number of rotatable bonds is 4. The molecule has 27 heavy (non-hydrogen) atoms. The number of nitrogens with zero attached hydrogens (tertiary/aromatic N) is 2. The molecular weight excluding hydrogens is 346 g/mol. The fourth-order valence-corrected chi connectivity index (χ4v) is 3.74. The minimum Gasteiger partial charge on any atom is -0.497 e. The summed E-state index contributed by atoms with van der Waals surface area (Å²) in [7, 11) is 3.12. The molecule has 2 fully saturated rings. The lowest BCUT2D eigenvalue weighted by Crippen LogP contribution is -2.54. The third-order valence-corrected chi connectivity index (χ3v) is 5.39. The molecule has 0 aromatic heterocycles. The number of benzene rings is 1. The van der Waals surface area contributed by atoms with Gasteiger partial charge in [0.2, 0.25) is 0 Å². The monoisotopic (exact) mass is 375 g/mol. The number of amides is 3. The molecule has 0 atom stereocenters. The molecule has 1 aromatic rings. The van der Waals surface area contributed by atoms with Crippen molar-refractivity contribution in [1.29, 1.82) is 0 Å². The predicted molar refractivity (Wildman–Crippen MR) is 102 cm³/mol. The van der Waals surface area contributed by atoms with Crippen LogP contribution in [0.1, 0.15) is 42.5 Å². The average Bonchev–Trinajstić information content (AvgIpc) is 2.73. The van der Waals surface area contributed by atoms with Crippen LogP contribution in [0.4, 0.5) is 4.79 Å². The highest BCUT2D eigenvalue weighted by molar-refractivity contribution is 5.95. The van der Waals surface area contributed by atoms with Gasteiger partial charge in [0, 0.05) is 43.9 Å². The molecule has 7 heteroatoms. The molecule has 2 aliphatic rings. The first-order chi connectivity index (χ1) is 13.1. The molecule has 0 unspecified atom stereocenters. The van der Waals surface area contributed by atoms with Crippen molar-refractivity contribution in [1.82, 2.24) is 15.1 Å². The zero-order valence-corrected chi connectivity index (χ0v) is 16.2. The number of nitrogens with one attached hydrogen (secondary N) is 1. The number of ether oxygens (including phenoxy) is 2. The zero-order chi connectivity index (χ0) is 19.2. The maximum Gasteiger partial charge on any atom is 0.317 e. The van der Waals surface area contributed by atoms with Crippen LogP contribution in [0, 0.1) is 0 Å². The number of hydrogen-bond acceptors (Lipinski definition) is 4. The van der Waals surface area contributed by atoms with Crippen molar-refractivity contribution in [2.24, 2.45) is 0 Å². The molecule has 3 amide bonds. The Balaban J connectivity index is 1.55. The van der Waals surface area contributed by atoms with Gasteiger partial charge in [-0.25, -0.2) is 4.79 Å². The Morgan fingerprint density at radius 1 is 0.889 bits per heavy atom. The quantitative estimate of drug-likeness (QED) is 0.878. The van der Waals surface area contributed by atoms with Crippen LogP contribution < -0.4 is 14.8 Å². The van der Waals surface area contributed by atoms with Gasteiger partial charge in [-0.1, -0.05) is 19.3 Å². The highest BCUT2D eigenvalue weighted by Gasteiger charge is 2.27. The van der Waals surface area contributed by atoms with Gasteiger partial charge in [-0.15, -0.1) is 0 Å². The summed E-state index contributed by atoms with van der Waals surface area (Å²) in [5.74, 6) is 1.10. The number of methoxy groups -OCH3 is 2. The molecular formula is C20H29N3O4. The molecule has 0 bridgehead atoms. The van der Waals surface area contributed by atoms with Crippen LogP contribution in [0.5, 0.6) is 11.5 Å². The summed E-state index contributed by atoms with van der Waals surface area (Å²) in [6.45, 7) is 2.14. The molecule has 1 N–H and O–H groups in total. The number of hydrogen-bond donors (Lipinski definition) is 1. The normalized spacial score (nSPS) is 18.1. The predicted octanol–water partition coefficient (Wildman–Crippen LogP) is 2.50. The second-order valence-corrected chi connectivity index (χ2v) is 7.17. The Morgan fingerprint density at radius 2 is 1.44 bits per heavy atom. The van der Waals surface area contributed by atoms with E-state index in [1.807, 2.05) is 4.90 Å². The van der Waals surface area contributed by atoms with Crippen molar-refractivity contribution in [2.45, 2.75) is 38.1 Å². The van der Waals surface area contributed by atoms with Crippen molar-refractivity contribution in [2.75, 3.05) is 40.4 Å². The maximum absolute atomic E-state index is 12.8. The van der Waals surface area contributed by atoms with E-state index in [2.05, 4.69) is 5.32 Å². The van der Waals surface area contributed by atoms with Gasteiger partial charge in [-0.2, -0.15) is 0 Å². The summed E-state index contributed by atoms with van der Waals surface area (Å²) >= 11 is 0.